The van der Waals surface area contributed by atoms with Crippen molar-refractivity contribution < 1.29 is 27.4 Å². The summed E-state index contributed by atoms with van der Waals surface area (Å²) in [6.45, 7) is 5.17. The molecule has 0 saturated carbocycles. The normalized spacial score (nSPS) is 13.4. The highest BCUT2D eigenvalue weighted by Crippen LogP contribution is 2.07. The molecular formula is C18H37N2O5S+. The lowest BCUT2D eigenvalue weighted by molar-refractivity contribution is -0.893. The second kappa shape index (κ2) is 13.2. The number of allylic oxidation sites excluding steroid dienone is 1. The zero-order valence-electron chi connectivity index (χ0n) is 16.3. The molecule has 0 aliphatic heterocycles. The number of aliphatic hydroxyl groups is 1. The molecule has 0 saturated heterocycles. The van der Waals surface area contributed by atoms with Crippen molar-refractivity contribution in [2.45, 2.75) is 57.5 Å². The van der Waals surface area contributed by atoms with E-state index in [-0.39, 0.29) is 12.5 Å². The third-order valence-electron chi connectivity index (χ3n) is 4.18. The van der Waals surface area contributed by atoms with Gasteiger partial charge in [-0.3, -0.25) is 9.35 Å². The average molecular weight is 394 g/mol. The van der Waals surface area contributed by atoms with Crippen LogP contribution in [0.1, 0.15) is 51.4 Å². The molecule has 1 amide bonds. The molecule has 0 aliphatic rings. The highest BCUT2D eigenvalue weighted by Gasteiger charge is 2.24. The molecule has 0 rings (SSSR count). The van der Waals surface area contributed by atoms with Crippen molar-refractivity contribution >= 4 is 16.0 Å². The maximum atomic E-state index is 11.8. The van der Waals surface area contributed by atoms with Gasteiger partial charge in [-0.1, -0.05) is 25.3 Å². The Labute approximate surface area is 158 Å². The number of nitrogens with zero attached hydrogens (tertiary/aromatic N) is 1. The Kier molecular flexibility index (Phi) is 12.8. The van der Waals surface area contributed by atoms with Crippen LogP contribution in [0.3, 0.4) is 0 Å². The lowest BCUT2D eigenvalue weighted by atomic mass is 10.1. The number of likely N-dealkylation sites (N-methyl/N-ethyl adjacent to an activating group) is 1. The molecule has 0 aliphatic carbocycles. The minimum atomic E-state index is -4.17. The van der Waals surface area contributed by atoms with Crippen LogP contribution in [0.2, 0.25) is 0 Å². The Morgan fingerprint density at radius 2 is 1.77 bits per heavy atom. The van der Waals surface area contributed by atoms with Gasteiger partial charge in [0.2, 0.25) is 5.91 Å². The maximum Gasteiger partial charge on any atom is 0.267 e. The third kappa shape index (κ3) is 16.5. The van der Waals surface area contributed by atoms with E-state index in [1.54, 1.807) is 0 Å². The van der Waals surface area contributed by atoms with Crippen LogP contribution in [0.4, 0.5) is 0 Å². The number of amides is 1. The molecule has 0 aromatic heterocycles. The van der Waals surface area contributed by atoms with Crippen molar-refractivity contribution in [3.05, 3.63) is 12.7 Å². The van der Waals surface area contributed by atoms with Gasteiger partial charge in [0, 0.05) is 19.4 Å². The molecule has 8 heteroatoms. The molecule has 26 heavy (non-hydrogen) atoms. The van der Waals surface area contributed by atoms with Crippen molar-refractivity contribution in [2.24, 2.45) is 0 Å². The van der Waals surface area contributed by atoms with E-state index < -0.39 is 22.0 Å². The zero-order valence-corrected chi connectivity index (χ0v) is 17.1. The van der Waals surface area contributed by atoms with E-state index in [1.807, 2.05) is 20.2 Å². The number of aliphatic hydroxyl groups excluding tert-OH is 1. The van der Waals surface area contributed by atoms with Crippen LogP contribution >= 0.6 is 0 Å². The number of carbonyl (C=O) groups is 1. The first kappa shape index (κ1) is 25.0. The first-order valence-corrected chi connectivity index (χ1v) is 11.0. The molecular weight excluding hydrogens is 356 g/mol. The lowest BCUT2D eigenvalue weighted by Gasteiger charge is -2.31. The number of nitrogens with one attached hydrogen (secondary N) is 1. The van der Waals surface area contributed by atoms with Crippen LogP contribution in [-0.4, -0.2) is 74.1 Å². The van der Waals surface area contributed by atoms with Crippen LogP contribution < -0.4 is 5.32 Å². The van der Waals surface area contributed by atoms with E-state index in [0.717, 1.165) is 32.1 Å². The quantitative estimate of drug-likeness (QED) is 0.160. The summed E-state index contributed by atoms with van der Waals surface area (Å²) in [7, 11) is -0.419. The van der Waals surface area contributed by atoms with Gasteiger partial charge in [0.15, 0.2) is 0 Å². The summed E-state index contributed by atoms with van der Waals surface area (Å²) in [6, 6.07) is 0. The summed E-state index contributed by atoms with van der Waals surface area (Å²) in [5.41, 5.74) is 0. The molecule has 0 fully saturated rings. The van der Waals surface area contributed by atoms with Crippen LogP contribution in [-0.2, 0) is 14.9 Å². The second-order valence-corrected chi connectivity index (χ2v) is 9.04. The summed E-state index contributed by atoms with van der Waals surface area (Å²) in [4.78, 5) is 11.8. The van der Waals surface area contributed by atoms with Crippen molar-refractivity contribution in [3.63, 3.8) is 0 Å². The van der Waals surface area contributed by atoms with Crippen molar-refractivity contribution in [3.8, 4) is 0 Å². The molecule has 0 radical (unpaired) electrons. The fourth-order valence-electron chi connectivity index (χ4n) is 2.89. The summed E-state index contributed by atoms with van der Waals surface area (Å²) >= 11 is 0. The van der Waals surface area contributed by atoms with Gasteiger partial charge in [0.25, 0.3) is 10.1 Å². The largest absolute Gasteiger partial charge is 0.386 e. The van der Waals surface area contributed by atoms with Crippen LogP contribution in [0.25, 0.3) is 0 Å². The van der Waals surface area contributed by atoms with Gasteiger partial charge in [0.05, 0.1) is 20.6 Å². The molecule has 0 heterocycles. The molecule has 0 aromatic rings. The molecule has 0 spiro atoms. The van der Waals surface area contributed by atoms with Gasteiger partial charge in [-0.25, -0.2) is 0 Å². The standard InChI is InChI=1S/C18H36N2O5S/c1-4-5-6-7-8-9-10-12-18(22)19-13-11-14-20(2,3)15-17(21)16-26(23,24)25/h4,17,21H,1,5-16H2,2-3H3,(H-,19,22,23,24,25)/p+1. The molecule has 154 valence electrons. The lowest BCUT2D eigenvalue weighted by Crippen LogP contribution is -2.48. The Morgan fingerprint density at radius 3 is 2.38 bits per heavy atom. The van der Waals surface area contributed by atoms with Crippen LogP contribution in [0.5, 0.6) is 0 Å². The van der Waals surface area contributed by atoms with E-state index in [1.165, 1.54) is 12.8 Å². The summed E-state index contributed by atoms with van der Waals surface area (Å²) in [5.74, 6) is -0.591. The second-order valence-electron chi connectivity index (χ2n) is 7.54. The number of unbranched alkanes of at least 4 members (excludes halogenated alkanes) is 5. The minimum Gasteiger partial charge on any atom is -0.386 e. The fraction of sp³-hybridized carbons (Fsp3) is 0.833. The highest BCUT2D eigenvalue weighted by atomic mass is 32.2. The minimum absolute atomic E-state index is 0.0628. The Hall–Kier alpha value is -0.960. The SMILES string of the molecule is C=CCCCCCCCC(=O)NCCC[N+](C)(C)CC(O)CS(=O)(=O)O. The van der Waals surface area contributed by atoms with Crippen molar-refractivity contribution in [1.29, 1.82) is 0 Å². The van der Waals surface area contributed by atoms with Crippen LogP contribution in [0, 0.1) is 0 Å². The van der Waals surface area contributed by atoms with E-state index >= 15 is 0 Å². The van der Waals surface area contributed by atoms with Gasteiger partial charge in [-0.2, -0.15) is 8.42 Å². The van der Waals surface area contributed by atoms with Crippen molar-refractivity contribution in [2.75, 3.05) is 39.5 Å². The Bertz CT molecular complexity index is 506. The maximum absolute atomic E-state index is 11.8. The zero-order chi connectivity index (χ0) is 20.1. The molecule has 0 aromatic carbocycles. The smallest absolute Gasteiger partial charge is 0.267 e. The van der Waals surface area contributed by atoms with E-state index in [4.69, 9.17) is 4.55 Å². The number of hydrogen-bond acceptors (Lipinski definition) is 4. The summed E-state index contributed by atoms with van der Waals surface area (Å²) < 4.78 is 30.7. The fourth-order valence-corrected chi connectivity index (χ4v) is 3.48. The number of rotatable bonds is 16. The van der Waals surface area contributed by atoms with E-state index in [9.17, 15) is 18.3 Å². The van der Waals surface area contributed by atoms with Gasteiger partial charge >= 0.3 is 0 Å². The van der Waals surface area contributed by atoms with Gasteiger partial charge in [0.1, 0.15) is 18.4 Å². The van der Waals surface area contributed by atoms with Crippen molar-refractivity contribution in [1.82, 2.24) is 5.32 Å². The summed E-state index contributed by atoms with van der Waals surface area (Å²) in [6.07, 6.45) is 8.65. The topological polar surface area (TPSA) is 104 Å². The molecule has 1 unspecified atom stereocenters. The predicted molar refractivity (Wildman–Crippen MR) is 104 cm³/mol. The van der Waals surface area contributed by atoms with Gasteiger partial charge in [-0.05, 0) is 19.3 Å². The average Bonchev–Trinajstić information content (AvgIpc) is 2.48. The van der Waals surface area contributed by atoms with E-state index in [2.05, 4.69) is 11.9 Å². The highest BCUT2D eigenvalue weighted by molar-refractivity contribution is 7.85. The van der Waals surface area contributed by atoms with Crippen LogP contribution in [0.15, 0.2) is 12.7 Å². The van der Waals surface area contributed by atoms with Gasteiger partial charge in [-0.15, -0.1) is 6.58 Å². The molecule has 1 atom stereocenters. The third-order valence-corrected chi connectivity index (χ3v) is 4.99. The monoisotopic (exact) mass is 393 g/mol. The van der Waals surface area contributed by atoms with Gasteiger partial charge < -0.3 is 14.9 Å². The Balaban J connectivity index is 3.76. The first-order valence-electron chi connectivity index (χ1n) is 9.38. The predicted octanol–water partition coefficient (Wildman–Crippen LogP) is 1.73. The molecule has 0 bridgehead atoms. The number of hydrogen-bond donors (Lipinski definition) is 3. The number of carbonyl (C=O) groups excluding carboxylic acids is 1. The van der Waals surface area contributed by atoms with E-state index in [0.29, 0.717) is 24.0 Å². The number of quaternary nitrogens is 1. The first-order chi connectivity index (χ1) is 12.1. The molecule has 7 nitrogen and oxygen atoms in total. The molecule has 3 N–H and O–H groups in total. The summed E-state index contributed by atoms with van der Waals surface area (Å²) in [5, 5.41) is 12.6. The Morgan fingerprint density at radius 1 is 1.15 bits per heavy atom.